The van der Waals surface area contributed by atoms with E-state index in [1.807, 2.05) is 24.3 Å². The van der Waals surface area contributed by atoms with Gasteiger partial charge in [0.05, 0.1) is 24.2 Å². The van der Waals surface area contributed by atoms with Crippen LogP contribution in [0.1, 0.15) is 5.56 Å². The number of nitrogens with zero attached hydrogens (tertiary/aromatic N) is 1. The number of hydrogen-bond donors (Lipinski definition) is 0. The van der Waals surface area contributed by atoms with Crippen LogP contribution in [0.25, 0.3) is 11.1 Å². The van der Waals surface area contributed by atoms with Crippen LogP contribution < -0.4 is 0 Å². The van der Waals surface area contributed by atoms with Crippen molar-refractivity contribution < 1.29 is 4.42 Å². The van der Waals surface area contributed by atoms with Gasteiger partial charge >= 0.3 is 0 Å². The number of furan rings is 1. The van der Waals surface area contributed by atoms with E-state index in [2.05, 4.69) is 6.07 Å². The second kappa shape index (κ2) is 3.16. The Labute approximate surface area is 76.0 Å². The first kappa shape index (κ1) is 7.63. The van der Waals surface area contributed by atoms with Crippen LogP contribution in [0, 0.1) is 11.3 Å². The van der Waals surface area contributed by atoms with Crippen molar-refractivity contribution in [2.75, 3.05) is 0 Å². The molecular formula is C11H7NO. The molecule has 2 rings (SSSR count). The third-order valence-corrected chi connectivity index (χ3v) is 1.85. The van der Waals surface area contributed by atoms with Gasteiger partial charge in [-0.2, -0.15) is 5.26 Å². The number of rotatable bonds is 1. The summed E-state index contributed by atoms with van der Waals surface area (Å²) in [5.41, 5.74) is 2.67. The maximum Gasteiger partial charge on any atom is 0.0991 e. The van der Waals surface area contributed by atoms with Gasteiger partial charge in [-0.05, 0) is 23.8 Å². The Morgan fingerprint density at radius 3 is 2.77 bits per heavy atom. The van der Waals surface area contributed by atoms with E-state index in [0.29, 0.717) is 5.56 Å². The highest BCUT2D eigenvalue weighted by molar-refractivity contribution is 5.63. The molecule has 0 amide bonds. The summed E-state index contributed by atoms with van der Waals surface area (Å²) in [7, 11) is 0. The van der Waals surface area contributed by atoms with Gasteiger partial charge in [0.25, 0.3) is 0 Å². The normalized spacial score (nSPS) is 9.46. The second-order valence-electron chi connectivity index (χ2n) is 2.70. The van der Waals surface area contributed by atoms with Gasteiger partial charge in [0.1, 0.15) is 0 Å². The topological polar surface area (TPSA) is 36.9 Å². The van der Waals surface area contributed by atoms with Crippen LogP contribution in [0.2, 0.25) is 0 Å². The van der Waals surface area contributed by atoms with Crippen molar-refractivity contribution in [2.45, 2.75) is 0 Å². The van der Waals surface area contributed by atoms with Crippen LogP contribution in [0.5, 0.6) is 0 Å². The van der Waals surface area contributed by atoms with E-state index < -0.39 is 0 Å². The first-order chi connectivity index (χ1) is 6.40. The quantitative estimate of drug-likeness (QED) is 0.658. The van der Waals surface area contributed by atoms with Crippen molar-refractivity contribution in [1.29, 1.82) is 5.26 Å². The molecule has 1 aromatic heterocycles. The Morgan fingerprint density at radius 2 is 2.08 bits per heavy atom. The van der Waals surface area contributed by atoms with Crippen LogP contribution in [-0.2, 0) is 0 Å². The van der Waals surface area contributed by atoms with Crippen molar-refractivity contribution in [2.24, 2.45) is 0 Å². The molecular weight excluding hydrogens is 162 g/mol. The molecule has 0 saturated carbocycles. The molecule has 0 bridgehead atoms. The fourth-order valence-electron chi connectivity index (χ4n) is 1.20. The molecule has 0 unspecified atom stereocenters. The summed E-state index contributed by atoms with van der Waals surface area (Å²) in [6, 6.07) is 11.4. The second-order valence-corrected chi connectivity index (χ2v) is 2.70. The zero-order valence-corrected chi connectivity index (χ0v) is 6.90. The Hall–Kier alpha value is -2.01. The van der Waals surface area contributed by atoms with Gasteiger partial charge < -0.3 is 4.42 Å². The van der Waals surface area contributed by atoms with Gasteiger partial charge in [-0.1, -0.05) is 12.1 Å². The predicted octanol–water partition coefficient (Wildman–Crippen LogP) is 2.82. The number of nitriles is 1. The van der Waals surface area contributed by atoms with Gasteiger partial charge in [0.2, 0.25) is 0 Å². The molecule has 62 valence electrons. The summed E-state index contributed by atoms with van der Waals surface area (Å²) in [5, 5.41) is 8.69. The smallest absolute Gasteiger partial charge is 0.0991 e. The van der Waals surface area contributed by atoms with E-state index in [-0.39, 0.29) is 0 Å². The van der Waals surface area contributed by atoms with E-state index in [1.165, 1.54) is 0 Å². The zero-order chi connectivity index (χ0) is 9.10. The minimum atomic E-state index is 0.665. The van der Waals surface area contributed by atoms with Crippen molar-refractivity contribution in [3.8, 4) is 17.2 Å². The number of benzene rings is 1. The first-order valence-electron chi connectivity index (χ1n) is 3.93. The molecule has 1 aromatic carbocycles. The summed E-state index contributed by atoms with van der Waals surface area (Å²) in [6.45, 7) is 0. The molecule has 13 heavy (non-hydrogen) atoms. The highest BCUT2D eigenvalue weighted by atomic mass is 16.3. The van der Waals surface area contributed by atoms with Crippen molar-refractivity contribution in [1.82, 2.24) is 0 Å². The van der Waals surface area contributed by atoms with E-state index in [1.54, 1.807) is 18.6 Å². The van der Waals surface area contributed by atoms with E-state index in [4.69, 9.17) is 9.68 Å². The van der Waals surface area contributed by atoms with Crippen molar-refractivity contribution in [3.63, 3.8) is 0 Å². The SMILES string of the molecule is N#Cc1cccc(-c2ccoc2)c1. The maximum atomic E-state index is 8.69. The summed E-state index contributed by atoms with van der Waals surface area (Å²) in [4.78, 5) is 0. The van der Waals surface area contributed by atoms with Crippen LogP contribution in [-0.4, -0.2) is 0 Å². The summed E-state index contributed by atoms with van der Waals surface area (Å²) in [6.07, 6.45) is 3.28. The highest BCUT2D eigenvalue weighted by Crippen LogP contribution is 2.20. The summed E-state index contributed by atoms with van der Waals surface area (Å²) < 4.78 is 4.96. The molecule has 2 nitrogen and oxygen atoms in total. The standard InChI is InChI=1S/C11H7NO/c12-7-9-2-1-3-10(6-9)11-4-5-13-8-11/h1-6,8H. The lowest BCUT2D eigenvalue weighted by Gasteiger charge is -1.95. The molecule has 2 aromatic rings. The van der Waals surface area contributed by atoms with E-state index in [0.717, 1.165) is 11.1 Å². The van der Waals surface area contributed by atoms with Gasteiger partial charge in [0, 0.05) is 5.56 Å². The fraction of sp³-hybridized carbons (Fsp3) is 0. The molecule has 0 N–H and O–H groups in total. The van der Waals surface area contributed by atoms with E-state index in [9.17, 15) is 0 Å². The lowest BCUT2D eigenvalue weighted by Crippen LogP contribution is -1.76. The van der Waals surface area contributed by atoms with Crippen LogP contribution >= 0.6 is 0 Å². The van der Waals surface area contributed by atoms with E-state index >= 15 is 0 Å². The summed E-state index contributed by atoms with van der Waals surface area (Å²) in [5.74, 6) is 0. The Kier molecular flexibility index (Phi) is 1.85. The Morgan fingerprint density at radius 1 is 1.15 bits per heavy atom. The third-order valence-electron chi connectivity index (χ3n) is 1.85. The largest absolute Gasteiger partial charge is 0.472 e. The van der Waals surface area contributed by atoms with Crippen molar-refractivity contribution in [3.05, 3.63) is 48.4 Å². The van der Waals surface area contributed by atoms with Gasteiger partial charge in [-0.25, -0.2) is 0 Å². The Balaban J connectivity index is 2.49. The lowest BCUT2D eigenvalue weighted by atomic mass is 10.1. The monoisotopic (exact) mass is 169 g/mol. The zero-order valence-electron chi connectivity index (χ0n) is 6.90. The van der Waals surface area contributed by atoms with Gasteiger partial charge in [0.15, 0.2) is 0 Å². The molecule has 0 fully saturated rings. The molecule has 2 heteroatoms. The van der Waals surface area contributed by atoms with Gasteiger partial charge in [-0.3, -0.25) is 0 Å². The minimum Gasteiger partial charge on any atom is -0.472 e. The molecule has 0 atom stereocenters. The van der Waals surface area contributed by atoms with Crippen LogP contribution in [0.15, 0.2) is 47.3 Å². The minimum absolute atomic E-state index is 0.665. The highest BCUT2D eigenvalue weighted by Gasteiger charge is 1.98. The molecule has 0 aliphatic heterocycles. The number of hydrogen-bond acceptors (Lipinski definition) is 2. The molecule has 0 aliphatic rings. The lowest BCUT2D eigenvalue weighted by molar-refractivity contribution is 0.568. The molecule has 0 saturated heterocycles. The average molecular weight is 169 g/mol. The maximum absolute atomic E-state index is 8.69. The summed E-state index contributed by atoms with van der Waals surface area (Å²) >= 11 is 0. The average Bonchev–Trinajstić information content (AvgIpc) is 2.71. The fourth-order valence-corrected chi connectivity index (χ4v) is 1.20. The van der Waals surface area contributed by atoms with Crippen LogP contribution in [0.3, 0.4) is 0 Å². The van der Waals surface area contributed by atoms with Crippen molar-refractivity contribution >= 4 is 0 Å². The predicted molar refractivity (Wildman–Crippen MR) is 48.9 cm³/mol. The van der Waals surface area contributed by atoms with Crippen LogP contribution in [0.4, 0.5) is 0 Å². The molecule has 0 radical (unpaired) electrons. The Bertz CT molecular complexity index is 437. The molecule has 1 heterocycles. The third kappa shape index (κ3) is 1.45. The molecule has 0 spiro atoms. The molecule has 0 aliphatic carbocycles. The first-order valence-corrected chi connectivity index (χ1v) is 3.93. The van der Waals surface area contributed by atoms with Gasteiger partial charge in [-0.15, -0.1) is 0 Å².